The van der Waals surface area contributed by atoms with Crippen LogP contribution in [0.2, 0.25) is 18.1 Å². The molecule has 0 aliphatic carbocycles. The van der Waals surface area contributed by atoms with E-state index in [0.717, 1.165) is 16.9 Å². The second kappa shape index (κ2) is 14.5. The molecule has 2 aromatic carbocycles. The van der Waals surface area contributed by atoms with Crippen molar-refractivity contribution in [3.63, 3.8) is 0 Å². The zero-order valence-corrected chi connectivity index (χ0v) is 30.0. The lowest BCUT2D eigenvalue weighted by molar-refractivity contribution is -0.154. The third-order valence-electron chi connectivity index (χ3n) is 7.28. The maximum Gasteiger partial charge on any atom is 0.364 e. The number of carbonyl (C=O) groups is 1. The molecule has 0 aliphatic heterocycles. The Kier molecular flexibility index (Phi) is 11.7. The normalized spacial score (nSPS) is 13.3. The van der Waals surface area contributed by atoms with Crippen LogP contribution in [-0.4, -0.2) is 48.9 Å². The second-order valence-electron chi connectivity index (χ2n) is 13.2. The minimum atomic E-state index is -4.07. The maximum atomic E-state index is 14.0. The van der Waals surface area contributed by atoms with Crippen molar-refractivity contribution in [2.24, 2.45) is 0 Å². The van der Waals surface area contributed by atoms with Crippen molar-refractivity contribution < 1.29 is 32.0 Å². The predicted octanol–water partition coefficient (Wildman–Crippen LogP) is 8.60. The summed E-state index contributed by atoms with van der Waals surface area (Å²) in [6.07, 6.45) is 1.80. The summed E-state index contributed by atoms with van der Waals surface area (Å²) >= 11 is 0. The summed E-state index contributed by atoms with van der Waals surface area (Å²) in [7, 11) is -6.17. The number of benzene rings is 2. The molecule has 1 unspecified atom stereocenters. The summed E-state index contributed by atoms with van der Waals surface area (Å²) in [6.45, 7) is 19.5. The molecular weight excluding hydrogens is 612 g/mol. The zero-order chi connectivity index (χ0) is 33.6. The Morgan fingerprint density at radius 1 is 1.00 bits per heavy atom. The third kappa shape index (κ3) is 9.94. The summed E-state index contributed by atoms with van der Waals surface area (Å²) < 4.78 is 50.9. The number of hydrogen-bond acceptors (Lipinski definition) is 9. The van der Waals surface area contributed by atoms with Crippen LogP contribution in [0.15, 0.2) is 54.7 Å². The molecule has 0 radical (unpaired) electrons. The first-order valence-electron chi connectivity index (χ1n) is 15.2. The number of anilines is 1. The standard InChI is InChI=1S/C33H47FN3O6PSi/c1-11-40-44(39,41-12-2)30(31(38)42-32(3,4)5)37-29-27(20-23-16-18-25(34)19-17-23)36-28(22-35-29)24-14-13-15-26(21-24)43-45(9,10)33(6,7)8/h13-19,21-22,30H,11-12,20H2,1-10H3,(H,35,37). The Morgan fingerprint density at radius 3 is 2.18 bits per heavy atom. The first-order valence-corrected chi connectivity index (χ1v) is 19.7. The number of nitrogens with zero attached hydrogens (tertiary/aromatic N) is 2. The van der Waals surface area contributed by atoms with Gasteiger partial charge in [0.1, 0.15) is 23.0 Å². The van der Waals surface area contributed by atoms with Gasteiger partial charge in [-0.25, -0.2) is 19.2 Å². The van der Waals surface area contributed by atoms with E-state index in [1.165, 1.54) is 12.1 Å². The molecule has 3 rings (SSSR count). The molecule has 0 saturated carbocycles. The van der Waals surface area contributed by atoms with Gasteiger partial charge in [-0.15, -0.1) is 0 Å². The van der Waals surface area contributed by atoms with Gasteiger partial charge in [0.25, 0.3) is 0 Å². The van der Waals surface area contributed by atoms with Gasteiger partial charge >= 0.3 is 13.6 Å². The molecule has 0 spiro atoms. The Labute approximate surface area is 267 Å². The van der Waals surface area contributed by atoms with Crippen LogP contribution in [0, 0.1) is 5.82 Å². The van der Waals surface area contributed by atoms with Gasteiger partial charge in [-0.3, -0.25) is 4.57 Å². The summed E-state index contributed by atoms with van der Waals surface area (Å²) in [4.78, 5) is 23.0. The fourth-order valence-corrected chi connectivity index (χ4v) is 6.78. The molecule has 12 heteroatoms. The van der Waals surface area contributed by atoms with E-state index in [4.69, 9.17) is 23.2 Å². The van der Waals surface area contributed by atoms with Crippen LogP contribution in [0.4, 0.5) is 10.2 Å². The van der Waals surface area contributed by atoms with Crippen molar-refractivity contribution in [2.75, 3.05) is 18.5 Å². The Hall–Kier alpha value is -3.11. The van der Waals surface area contributed by atoms with Gasteiger partial charge in [0.05, 0.1) is 30.8 Å². The van der Waals surface area contributed by atoms with E-state index in [0.29, 0.717) is 11.4 Å². The lowest BCUT2D eigenvalue weighted by Gasteiger charge is -2.36. The van der Waals surface area contributed by atoms with Gasteiger partial charge in [0.15, 0.2) is 0 Å². The molecule has 0 aliphatic rings. The fraction of sp³-hybridized carbons (Fsp3) is 0.485. The number of hydrogen-bond donors (Lipinski definition) is 1. The summed E-state index contributed by atoms with van der Waals surface area (Å²) in [5.41, 5.74) is 1.66. The number of ether oxygens (including phenoxy) is 1. The average molecular weight is 660 g/mol. The maximum absolute atomic E-state index is 14.0. The molecule has 246 valence electrons. The van der Waals surface area contributed by atoms with Crippen LogP contribution in [0.5, 0.6) is 5.75 Å². The SMILES string of the molecule is CCOP(=O)(OCC)C(Nc1ncc(-c2cccc(O[Si](C)(C)C(C)(C)C)c2)nc1Cc1ccc(F)cc1)C(=O)OC(C)(C)C. The molecule has 1 atom stereocenters. The molecule has 0 bridgehead atoms. The van der Waals surface area contributed by atoms with Crippen LogP contribution >= 0.6 is 7.60 Å². The number of aromatic nitrogens is 2. The Bertz CT molecular complexity index is 1500. The van der Waals surface area contributed by atoms with Crippen LogP contribution in [0.1, 0.15) is 66.6 Å². The van der Waals surface area contributed by atoms with E-state index in [1.807, 2.05) is 24.3 Å². The number of rotatable bonds is 13. The van der Waals surface area contributed by atoms with E-state index in [9.17, 15) is 13.8 Å². The van der Waals surface area contributed by atoms with Crippen LogP contribution in [-0.2, 0) is 29.6 Å². The highest BCUT2D eigenvalue weighted by atomic mass is 31.2. The van der Waals surface area contributed by atoms with Gasteiger partial charge in [0, 0.05) is 12.0 Å². The Morgan fingerprint density at radius 2 is 1.62 bits per heavy atom. The molecule has 0 amide bonds. The van der Waals surface area contributed by atoms with Gasteiger partial charge in [-0.05, 0) is 82.6 Å². The molecule has 0 fully saturated rings. The average Bonchev–Trinajstić information content (AvgIpc) is 2.92. The van der Waals surface area contributed by atoms with Crippen LogP contribution in [0.3, 0.4) is 0 Å². The lowest BCUT2D eigenvalue weighted by Crippen LogP contribution is -2.43. The number of nitrogens with one attached hydrogen (secondary N) is 1. The van der Waals surface area contributed by atoms with E-state index in [1.54, 1.807) is 52.9 Å². The van der Waals surface area contributed by atoms with Crippen molar-refractivity contribution in [3.05, 3.63) is 71.8 Å². The van der Waals surface area contributed by atoms with E-state index >= 15 is 0 Å². The molecule has 3 aromatic rings. The highest BCUT2D eigenvalue weighted by Crippen LogP contribution is 2.53. The first-order chi connectivity index (χ1) is 20.9. The summed E-state index contributed by atoms with van der Waals surface area (Å²) in [5, 5.41) is 3.01. The van der Waals surface area contributed by atoms with Crippen molar-refractivity contribution >= 4 is 27.7 Å². The second-order valence-corrected chi connectivity index (χ2v) is 20.0. The number of esters is 1. The molecule has 1 heterocycles. The van der Waals surface area contributed by atoms with E-state index in [2.05, 4.69) is 44.2 Å². The van der Waals surface area contributed by atoms with Crippen molar-refractivity contribution in [1.82, 2.24) is 9.97 Å². The first kappa shape index (κ1) is 36.4. The van der Waals surface area contributed by atoms with E-state index in [-0.39, 0.29) is 36.3 Å². The minimum absolute atomic E-state index is 0.0194. The largest absolute Gasteiger partial charge is 0.543 e. The monoisotopic (exact) mass is 659 g/mol. The predicted molar refractivity (Wildman–Crippen MR) is 179 cm³/mol. The fourth-order valence-electron chi connectivity index (χ4n) is 4.07. The van der Waals surface area contributed by atoms with Gasteiger partial charge in [-0.2, -0.15) is 0 Å². The molecule has 45 heavy (non-hydrogen) atoms. The summed E-state index contributed by atoms with van der Waals surface area (Å²) in [6, 6.07) is 13.7. The Balaban J connectivity index is 2.11. The number of halogens is 1. The molecule has 1 aromatic heterocycles. The zero-order valence-electron chi connectivity index (χ0n) is 28.1. The molecular formula is C33H47FN3O6PSi. The highest BCUT2D eigenvalue weighted by molar-refractivity contribution is 7.55. The molecule has 0 saturated heterocycles. The lowest BCUT2D eigenvalue weighted by atomic mass is 10.1. The topological polar surface area (TPSA) is 109 Å². The van der Waals surface area contributed by atoms with Crippen molar-refractivity contribution in [3.8, 4) is 17.0 Å². The third-order valence-corrected chi connectivity index (χ3v) is 13.8. The summed E-state index contributed by atoms with van der Waals surface area (Å²) in [5.74, 6) is -1.78. The van der Waals surface area contributed by atoms with Crippen LogP contribution < -0.4 is 9.74 Å². The van der Waals surface area contributed by atoms with Gasteiger partial charge < -0.3 is 23.5 Å². The molecule has 9 nitrogen and oxygen atoms in total. The smallest absolute Gasteiger partial charge is 0.364 e. The van der Waals surface area contributed by atoms with Crippen LogP contribution in [0.25, 0.3) is 11.3 Å². The quantitative estimate of drug-likeness (QED) is 0.110. The van der Waals surface area contributed by atoms with Crippen molar-refractivity contribution in [2.45, 2.75) is 91.3 Å². The van der Waals surface area contributed by atoms with Gasteiger partial charge in [0.2, 0.25) is 14.1 Å². The van der Waals surface area contributed by atoms with Gasteiger partial charge in [-0.1, -0.05) is 45.0 Å². The van der Waals surface area contributed by atoms with E-state index < -0.39 is 33.3 Å². The highest BCUT2D eigenvalue weighted by Gasteiger charge is 2.44. The number of carbonyl (C=O) groups excluding carboxylic acids is 1. The van der Waals surface area contributed by atoms with Crippen molar-refractivity contribution in [1.29, 1.82) is 0 Å². The molecule has 1 N–H and O–H groups in total. The minimum Gasteiger partial charge on any atom is -0.543 e.